The summed E-state index contributed by atoms with van der Waals surface area (Å²) in [6.07, 6.45) is 2.95. The molecular weight excluding hydrogens is 244 g/mol. The van der Waals surface area contributed by atoms with E-state index in [4.69, 9.17) is 14.2 Å². The minimum absolute atomic E-state index is 0.0561. The molecule has 0 N–H and O–H groups in total. The molecule has 0 saturated carbocycles. The monoisotopic (exact) mass is 264 g/mol. The normalized spacial score (nSPS) is 21.1. The molecule has 104 valence electrons. The first kappa shape index (κ1) is 13.9. The van der Waals surface area contributed by atoms with Gasteiger partial charge in [0.15, 0.2) is 11.5 Å². The topological polar surface area (TPSA) is 44.8 Å². The van der Waals surface area contributed by atoms with Crippen LogP contribution in [0.1, 0.15) is 37.0 Å². The predicted octanol–water partition coefficient (Wildman–Crippen LogP) is 2.84. The molecule has 1 heterocycles. The van der Waals surface area contributed by atoms with E-state index in [0.29, 0.717) is 23.7 Å². The van der Waals surface area contributed by atoms with E-state index in [9.17, 15) is 4.79 Å². The molecule has 4 heteroatoms. The molecule has 1 fully saturated rings. The zero-order chi connectivity index (χ0) is 13.9. The summed E-state index contributed by atoms with van der Waals surface area (Å²) in [5, 5.41) is 0. The third kappa shape index (κ3) is 3.47. The van der Waals surface area contributed by atoms with Gasteiger partial charge in [-0.15, -0.1) is 0 Å². The standard InChI is InChI=1S/C15H20O4/c1-15(2)7-6-12(19-15)10-18-13-5-4-11(9-16)8-14(13)17-3/h4-5,8-9,12H,6-7,10H2,1-3H3. The summed E-state index contributed by atoms with van der Waals surface area (Å²) < 4.78 is 16.8. The van der Waals surface area contributed by atoms with Gasteiger partial charge in [0.05, 0.1) is 18.8 Å². The summed E-state index contributed by atoms with van der Waals surface area (Å²) in [5.74, 6) is 1.21. The maximum absolute atomic E-state index is 10.7. The van der Waals surface area contributed by atoms with Crippen LogP contribution < -0.4 is 9.47 Å². The molecule has 1 aromatic carbocycles. The average Bonchev–Trinajstić information content (AvgIpc) is 2.75. The lowest BCUT2D eigenvalue weighted by molar-refractivity contribution is -0.0329. The zero-order valence-electron chi connectivity index (χ0n) is 11.6. The molecule has 1 aromatic rings. The Bertz CT molecular complexity index is 453. The molecule has 1 saturated heterocycles. The van der Waals surface area contributed by atoms with Crippen LogP contribution in [0.2, 0.25) is 0 Å². The molecule has 1 aliphatic heterocycles. The second kappa shape index (κ2) is 5.61. The van der Waals surface area contributed by atoms with Crippen LogP contribution in [-0.2, 0) is 4.74 Å². The molecule has 0 spiro atoms. The highest BCUT2D eigenvalue weighted by atomic mass is 16.6. The minimum Gasteiger partial charge on any atom is -0.493 e. The Morgan fingerprint density at radius 2 is 2.21 bits per heavy atom. The zero-order valence-corrected chi connectivity index (χ0v) is 11.6. The highest BCUT2D eigenvalue weighted by molar-refractivity contribution is 5.76. The van der Waals surface area contributed by atoms with Crippen molar-refractivity contribution >= 4 is 6.29 Å². The third-order valence-electron chi connectivity index (χ3n) is 3.30. The molecule has 4 nitrogen and oxygen atoms in total. The van der Waals surface area contributed by atoms with Crippen molar-refractivity contribution in [1.29, 1.82) is 0 Å². The highest BCUT2D eigenvalue weighted by Crippen LogP contribution is 2.32. The number of aldehydes is 1. The summed E-state index contributed by atoms with van der Waals surface area (Å²) in [6.45, 7) is 4.68. The Labute approximate surface area is 113 Å². The lowest BCUT2D eigenvalue weighted by atomic mass is 10.1. The van der Waals surface area contributed by atoms with E-state index in [1.54, 1.807) is 25.3 Å². The lowest BCUT2D eigenvalue weighted by Gasteiger charge is -2.20. The molecule has 0 amide bonds. The van der Waals surface area contributed by atoms with E-state index in [1.807, 2.05) is 0 Å². The van der Waals surface area contributed by atoms with Gasteiger partial charge in [-0.3, -0.25) is 4.79 Å². The maximum Gasteiger partial charge on any atom is 0.161 e. The summed E-state index contributed by atoms with van der Waals surface area (Å²) in [7, 11) is 1.56. The maximum atomic E-state index is 10.7. The van der Waals surface area contributed by atoms with Crippen LogP contribution >= 0.6 is 0 Å². The second-order valence-electron chi connectivity index (χ2n) is 5.38. The van der Waals surface area contributed by atoms with Gasteiger partial charge in [0.2, 0.25) is 0 Å². The molecule has 0 aliphatic carbocycles. The van der Waals surface area contributed by atoms with Crippen molar-refractivity contribution in [2.75, 3.05) is 13.7 Å². The molecule has 0 aromatic heterocycles. The van der Waals surface area contributed by atoms with Crippen LogP contribution in [0.4, 0.5) is 0 Å². The van der Waals surface area contributed by atoms with Crippen molar-refractivity contribution < 1.29 is 19.0 Å². The largest absolute Gasteiger partial charge is 0.493 e. The smallest absolute Gasteiger partial charge is 0.161 e. The van der Waals surface area contributed by atoms with E-state index in [2.05, 4.69) is 13.8 Å². The van der Waals surface area contributed by atoms with E-state index in [-0.39, 0.29) is 11.7 Å². The summed E-state index contributed by atoms with van der Waals surface area (Å²) >= 11 is 0. The molecule has 19 heavy (non-hydrogen) atoms. The fourth-order valence-electron chi connectivity index (χ4n) is 2.25. The van der Waals surface area contributed by atoms with Crippen molar-refractivity contribution in [2.45, 2.75) is 38.4 Å². The first-order valence-electron chi connectivity index (χ1n) is 6.48. The number of hydrogen-bond acceptors (Lipinski definition) is 4. The van der Waals surface area contributed by atoms with E-state index < -0.39 is 0 Å². The molecule has 0 bridgehead atoms. The first-order valence-corrected chi connectivity index (χ1v) is 6.48. The summed E-state index contributed by atoms with van der Waals surface area (Å²) in [4.78, 5) is 10.7. The number of rotatable bonds is 5. The van der Waals surface area contributed by atoms with Gasteiger partial charge in [-0.1, -0.05) is 0 Å². The SMILES string of the molecule is COc1cc(C=O)ccc1OCC1CCC(C)(C)O1. The molecule has 1 aliphatic rings. The van der Waals surface area contributed by atoms with E-state index >= 15 is 0 Å². The molecular formula is C15H20O4. The van der Waals surface area contributed by atoms with Gasteiger partial charge in [-0.2, -0.15) is 0 Å². The molecule has 1 unspecified atom stereocenters. The number of ether oxygens (including phenoxy) is 3. The fourth-order valence-corrected chi connectivity index (χ4v) is 2.25. The first-order chi connectivity index (χ1) is 9.04. The van der Waals surface area contributed by atoms with Gasteiger partial charge >= 0.3 is 0 Å². The number of carbonyl (C=O) groups is 1. The molecule has 0 radical (unpaired) electrons. The van der Waals surface area contributed by atoms with Crippen LogP contribution in [0.25, 0.3) is 0 Å². The van der Waals surface area contributed by atoms with Crippen molar-refractivity contribution in [3.8, 4) is 11.5 Å². The van der Waals surface area contributed by atoms with Crippen molar-refractivity contribution in [3.05, 3.63) is 23.8 Å². The van der Waals surface area contributed by atoms with E-state index in [0.717, 1.165) is 19.1 Å². The van der Waals surface area contributed by atoms with Gasteiger partial charge in [0.1, 0.15) is 12.9 Å². The average molecular weight is 264 g/mol. The van der Waals surface area contributed by atoms with Crippen LogP contribution in [0.5, 0.6) is 11.5 Å². The molecule has 1 atom stereocenters. The Hall–Kier alpha value is -1.55. The van der Waals surface area contributed by atoms with Crippen molar-refractivity contribution in [1.82, 2.24) is 0 Å². The Morgan fingerprint density at radius 3 is 2.79 bits per heavy atom. The van der Waals surface area contributed by atoms with Gasteiger partial charge < -0.3 is 14.2 Å². The fraction of sp³-hybridized carbons (Fsp3) is 0.533. The second-order valence-corrected chi connectivity index (χ2v) is 5.38. The molecule has 2 rings (SSSR count). The van der Waals surface area contributed by atoms with Crippen LogP contribution in [0, 0.1) is 0 Å². The Kier molecular flexibility index (Phi) is 4.10. The van der Waals surface area contributed by atoms with E-state index in [1.165, 1.54) is 0 Å². The van der Waals surface area contributed by atoms with Crippen LogP contribution in [0.3, 0.4) is 0 Å². The number of benzene rings is 1. The quantitative estimate of drug-likeness (QED) is 0.767. The van der Waals surface area contributed by atoms with Crippen molar-refractivity contribution in [2.24, 2.45) is 0 Å². The van der Waals surface area contributed by atoms with Gasteiger partial charge in [-0.25, -0.2) is 0 Å². The highest BCUT2D eigenvalue weighted by Gasteiger charge is 2.32. The van der Waals surface area contributed by atoms with Crippen LogP contribution in [0.15, 0.2) is 18.2 Å². The predicted molar refractivity (Wildman–Crippen MR) is 72.1 cm³/mol. The summed E-state index contributed by atoms with van der Waals surface area (Å²) in [6, 6.07) is 5.13. The van der Waals surface area contributed by atoms with Gasteiger partial charge in [0.25, 0.3) is 0 Å². The number of hydrogen-bond donors (Lipinski definition) is 0. The Morgan fingerprint density at radius 1 is 1.42 bits per heavy atom. The van der Waals surface area contributed by atoms with Gasteiger partial charge in [0, 0.05) is 5.56 Å². The number of carbonyl (C=O) groups excluding carboxylic acids is 1. The van der Waals surface area contributed by atoms with Crippen LogP contribution in [-0.4, -0.2) is 31.7 Å². The minimum atomic E-state index is -0.0561. The lowest BCUT2D eigenvalue weighted by Crippen LogP contribution is -2.24. The summed E-state index contributed by atoms with van der Waals surface area (Å²) in [5.41, 5.74) is 0.516. The third-order valence-corrected chi connectivity index (χ3v) is 3.30. The Balaban J connectivity index is 1.98. The number of methoxy groups -OCH3 is 1. The van der Waals surface area contributed by atoms with Crippen molar-refractivity contribution in [3.63, 3.8) is 0 Å². The van der Waals surface area contributed by atoms with Gasteiger partial charge in [-0.05, 0) is 44.9 Å².